The van der Waals surface area contributed by atoms with Crippen molar-refractivity contribution in [1.82, 2.24) is 19.8 Å². The maximum absolute atomic E-state index is 12.7. The molecule has 1 aromatic heterocycles. The number of piperidine rings is 2. The smallest absolute Gasteiger partial charge is 0.248 e. The van der Waals surface area contributed by atoms with Crippen LogP contribution in [-0.4, -0.2) is 64.4 Å². The van der Waals surface area contributed by atoms with Gasteiger partial charge in [-0.2, -0.15) is 0 Å². The fraction of sp³-hybridized carbons (Fsp3) is 0.571. The molecule has 2 saturated heterocycles. The van der Waals surface area contributed by atoms with E-state index in [1.807, 2.05) is 41.0 Å². The van der Waals surface area contributed by atoms with E-state index in [4.69, 9.17) is 4.74 Å². The SMILES string of the molecule is CCN1C[C@@]2(CCCN(C(=O)COCc3nc4ccccc4[nH]3)C2)CCC1=O. The van der Waals surface area contributed by atoms with Crippen molar-refractivity contribution < 1.29 is 14.3 Å². The molecule has 1 spiro atoms. The third kappa shape index (κ3) is 3.90. The first-order valence-corrected chi connectivity index (χ1v) is 10.2. The summed E-state index contributed by atoms with van der Waals surface area (Å²) in [6.45, 7) is 5.38. The Bertz CT molecular complexity index is 831. The second-order valence-corrected chi connectivity index (χ2v) is 8.02. The van der Waals surface area contributed by atoms with Gasteiger partial charge in [-0.05, 0) is 38.3 Å². The van der Waals surface area contributed by atoms with Crippen LogP contribution < -0.4 is 0 Å². The highest BCUT2D eigenvalue weighted by Gasteiger charge is 2.42. The van der Waals surface area contributed by atoms with Crippen LogP contribution in [0.3, 0.4) is 0 Å². The highest BCUT2D eigenvalue weighted by Crippen LogP contribution is 2.38. The van der Waals surface area contributed by atoms with E-state index in [2.05, 4.69) is 9.97 Å². The fourth-order valence-electron chi connectivity index (χ4n) is 4.54. The van der Waals surface area contributed by atoms with Gasteiger partial charge in [0.25, 0.3) is 0 Å². The number of benzene rings is 1. The van der Waals surface area contributed by atoms with E-state index in [1.165, 1.54) is 0 Å². The van der Waals surface area contributed by atoms with Gasteiger partial charge in [0.15, 0.2) is 0 Å². The highest BCUT2D eigenvalue weighted by atomic mass is 16.5. The molecule has 0 radical (unpaired) electrons. The summed E-state index contributed by atoms with van der Waals surface area (Å²) in [6.07, 6.45) is 3.55. The van der Waals surface area contributed by atoms with Crippen LogP contribution in [0.5, 0.6) is 0 Å². The van der Waals surface area contributed by atoms with Gasteiger partial charge in [0.1, 0.15) is 19.0 Å². The van der Waals surface area contributed by atoms with Crippen LogP contribution in [-0.2, 0) is 20.9 Å². The molecule has 2 amide bonds. The number of hydrogen-bond acceptors (Lipinski definition) is 4. The second kappa shape index (κ2) is 7.91. The predicted octanol–water partition coefficient (Wildman–Crippen LogP) is 2.33. The number of nitrogens with one attached hydrogen (secondary N) is 1. The van der Waals surface area contributed by atoms with Gasteiger partial charge in [-0.15, -0.1) is 0 Å². The average molecular weight is 384 g/mol. The monoisotopic (exact) mass is 384 g/mol. The molecule has 0 bridgehead atoms. The van der Waals surface area contributed by atoms with Gasteiger partial charge in [-0.25, -0.2) is 4.98 Å². The molecule has 1 aromatic carbocycles. The van der Waals surface area contributed by atoms with Crippen molar-refractivity contribution in [1.29, 1.82) is 0 Å². The van der Waals surface area contributed by atoms with Crippen molar-refractivity contribution in [3.8, 4) is 0 Å². The highest BCUT2D eigenvalue weighted by molar-refractivity contribution is 5.79. The summed E-state index contributed by atoms with van der Waals surface area (Å²) < 4.78 is 5.65. The predicted molar refractivity (Wildman–Crippen MR) is 105 cm³/mol. The zero-order chi connectivity index (χ0) is 19.6. The molecule has 0 saturated carbocycles. The van der Waals surface area contributed by atoms with Gasteiger partial charge in [0.2, 0.25) is 11.8 Å². The van der Waals surface area contributed by atoms with Crippen molar-refractivity contribution in [2.45, 2.75) is 39.2 Å². The van der Waals surface area contributed by atoms with Crippen LogP contribution in [0.2, 0.25) is 0 Å². The summed E-state index contributed by atoms with van der Waals surface area (Å²) in [4.78, 5) is 36.3. The molecule has 2 aliphatic rings. The molecule has 7 heteroatoms. The van der Waals surface area contributed by atoms with E-state index in [-0.39, 0.29) is 30.4 Å². The number of H-pyrrole nitrogens is 1. The van der Waals surface area contributed by atoms with E-state index in [9.17, 15) is 9.59 Å². The first kappa shape index (κ1) is 18.9. The number of aromatic nitrogens is 2. The summed E-state index contributed by atoms with van der Waals surface area (Å²) >= 11 is 0. The number of para-hydroxylation sites is 2. The molecule has 3 heterocycles. The van der Waals surface area contributed by atoms with Crippen LogP contribution in [0.4, 0.5) is 0 Å². The number of ether oxygens (including phenoxy) is 1. The lowest BCUT2D eigenvalue weighted by atomic mass is 9.73. The van der Waals surface area contributed by atoms with E-state index in [0.29, 0.717) is 6.42 Å². The quantitative estimate of drug-likeness (QED) is 0.858. The molecule has 0 unspecified atom stereocenters. The number of amides is 2. The Hall–Kier alpha value is -2.41. The molecule has 150 valence electrons. The Labute approximate surface area is 165 Å². The normalized spacial score (nSPS) is 23.0. The van der Waals surface area contributed by atoms with Crippen molar-refractivity contribution in [2.24, 2.45) is 5.41 Å². The second-order valence-electron chi connectivity index (χ2n) is 8.02. The van der Waals surface area contributed by atoms with Crippen LogP contribution in [0.15, 0.2) is 24.3 Å². The minimum Gasteiger partial charge on any atom is -0.364 e. The number of likely N-dealkylation sites (tertiary alicyclic amines) is 2. The number of fused-ring (bicyclic) bond motifs is 1. The Kier molecular flexibility index (Phi) is 5.35. The molecule has 1 N–H and O–H groups in total. The lowest BCUT2D eigenvalue weighted by molar-refractivity contribution is -0.145. The van der Waals surface area contributed by atoms with Crippen molar-refractivity contribution >= 4 is 22.8 Å². The Balaban J connectivity index is 1.31. The minimum atomic E-state index is 0.0233. The third-order valence-corrected chi connectivity index (χ3v) is 6.05. The van der Waals surface area contributed by atoms with Crippen molar-refractivity contribution in [2.75, 3.05) is 32.8 Å². The van der Waals surface area contributed by atoms with E-state index < -0.39 is 0 Å². The topological polar surface area (TPSA) is 78.5 Å². The number of rotatable bonds is 5. The largest absolute Gasteiger partial charge is 0.364 e. The van der Waals surface area contributed by atoms with E-state index >= 15 is 0 Å². The molecule has 2 aromatic rings. The first-order valence-electron chi connectivity index (χ1n) is 10.2. The molecule has 7 nitrogen and oxygen atoms in total. The van der Waals surface area contributed by atoms with Gasteiger partial charge >= 0.3 is 0 Å². The number of aromatic amines is 1. The number of nitrogens with zero attached hydrogens (tertiary/aromatic N) is 3. The van der Waals surface area contributed by atoms with E-state index in [1.54, 1.807) is 0 Å². The third-order valence-electron chi connectivity index (χ3n) is 6.05. The summed E-state index contributed by atoms with van der Waals surface area (Å²) in [5.41, 5.74) is 1.92. The maximum atomic E-state index is 12.7. The zero-order valence-electron chi connectivity index (χ0n) is 16.4. The zero-order valence-corrected chi connectivity index (χ0v) is 16.4. The maximum Gasteiger partial charge on any atom is 0.248 e. The summed E-state index contributed by atoms with van der Waals surface area (Å²) in [7, 11) is 0. The van der Waals surface area contributed by atoms with Crippen LogP contribution in [0.25, 0.3) is 11.0 Å². The molecule has 1 atom stereocenters. The molecule has 4 rings (SSSR count). The molecule has 0 aliphatic carbocycles. The van der Waals surface area contributed by atoms with Crippen molar-refractivity contribution in [3.63, 3.8) is 0 Å². The standard InChI is InChI=1S/C21H28N4O3/c1-2-24-14-21(10-8-19(24)26)9-5-11-25(15-21)20(27)13-28-12-18-22-16-6-3-4-7-17(16)23-18/h3-4,6-7H,2,5,8-15H2,1H3,(H,22,23)/t21-/m1/s1. The van der Waals surface area contributed by atoms with Crippen molar-refractivity contribution in [3.05, 3.63) is 30.1 Å². The molecule has 2 fully saturated rings. The van der Waals surface area contributed by atoms with Crippen LogP contribution in [0, 0.1) is 5.41 Å². The van der Waals surface area contributed by atoms with E-state index in [0.717, 1.165) is 62.3 Å². The number of carbonyl (C=O) groups excluding carboxylic acids is 2. The summed E-state index contributed by atoms with van der Waals surface area (Å²) in [6, 6.07) is 7.82. The van der Waals surface area contributed by atoms with Gasteiger partial charge < -0.3 is 19.5 Å². The average Bonchev–Trinajstić information content (AvgIpc) is 3.13. The number of carbonyl (C=O) groups is 2. The lowest BCUT2D eigenvalue weighted by Gasteiger charge is -2.48. The Morgan fingerprint density at radius 1 is 1.29 bits per heavy atom. The van der Waals surface area contributed by atoms with Gasteiger partial charge in [0, 0.05) is 38.0 Å². The van der Waals surface area contributed by atoms with Gasteiger partial charge in [0.05, 0.1) is 11.0 Å². The molecule has 2 aliphatic heterocycles. The molecular formula is C21H28N4O3. The van der Waals surface area contributed by atoms with Crippen LogP contribution in [0.1, 0.15) is 38.4 Å². The summed E-state index contributed by atoms with van der Waals surface area (Å²) in [5.74, 6) is 0.995. The molecular weight excluding hydrogens is 356 g/mol. The lowest BCUT2D eigenvalue weighted by Crippen LogP contribution is -2.55. The first-order chi connectivity index (χ1) is 13.6. The number of imidazole rings is 1. The molecule has 28 heavy (non-hydrogen) atoms. The van der Waals surface area contributed by atoms with Gasteiger partial charge in [-0.1, -0.05) is 12.1 Å². The Morgan fingerprint density at radius 3 is 2.96 bits per heavy atom. The summed E-state index contributed by atoms with van der Waals surface area (Å²) in [5, 5.41) is 0. The number of hydrogen-bond donors (Lipinski definition) is 1. The Morgan fingerprint density at radius 2 is 2.14 bits per heavy atom. The fourth-order valence-corrected chi connectivity index (χ4v) is 4.54. The minimum absolute atomic E-state index is 0.0233. The van der Waals surface area contributed by atoms with Gasteiger partial charge in [-0.3, -0.25) is 9.59 Å². The van der Waals surface area contributed by atoms with Crippen LogP contribution >= 0.6 is 0 Å².